The molecule has 0 spiro atoms. The van der Waals surface area contributed by atoms with E-state index in [0.29, 0.717) is 11.3 Å². The molecule has 3 rings (SSSR count). The molecular weight excluding hydrogens is 377 g/mol. The second-order valence-corrected chi connectivity index (χ2v) is 5.75. The topological polar surface area (TPSA) is 3.01 Å². The Kier molecular flexibility index (Phi) is 5.66. The van der Waals surface area contributed by atoms with Crippen molar-refractivity contribution in [2.75, 3.05) is 6.54 Å². The molecule has 20 heavy (non-hydrogen) atoms. The van der Waals surface area contributed by atoms with Crippen molar-refractivity contribution in [3.8, 4) is 0 Å². The average Bonchev–Trinajstić information content (AvgIpc) is 2.93. The van der Waals surface area contributed by atoms with Gasteiger partial charge in [0.05, 0.1) is 0 Å². The number of thioether (sulfide) groups is 1. The first-order valence-corrected chi connectivity index (χ1v) is 7.69. The molecule has 1 aliphatic rings. The summed E-state index contributed by atoms with van der Waals surface area (Å²) in [7, 11) is 0. The molecule has 1 nitrogen and oxygen atoms in total. The van der Waals surface area contributed by atoms with Crippen molar-refractivity contribution in [3.63, 3.8) is 0 Å². The Morgan fingerprint density at radius 2 is 1.45 bits per heavy atom. The number of halogens is 1. The summed E-state index contributed by atoms with van der Waals surface area (Å²) in [6.07, 6.45) is 0. The third kappa shape index (κ3) is 3.09. The van der Waals surface area contributed by atoms with Crippen molar-refractivity contribution in [2.45, 2.75) is 18.2 Å². The van der Waals surface area contributed by atoms with Crippen LogP contribution in [0.25, 0.3) is 0 Å². The van der Waals surface area contributed by atoms with E-state index < -0.39 is 0 Å². The number of hydrogen-bond acceptors (Lipinski definition) is 1. The minimum atomic E-state index is 0. The largest absolute Gasteiger partial charge is 0.235 e. The van der Waals surface area contributed by atoms with Gasteiger partial charge in [-0.25, -0.2) is 4.58 Å². The highest BCUT2D eigenvalue weighted by molar-refractivity contribution is 8.12. The molecule has 0 saturated carbocycles. The van der Waals surface area contributed by atoms with E-state index in [1.54, 1.807) is 0 Å². The summed E-state index contributed by atoms with van der Waals surface area (Å²) >= 11 is 1.93. The molecule has 3 heteroatoms. The minimum Gasteiger partial charge on any atom is -0.222 e. The molecule has 0 amide bonds. The van der Waals surface area contributed by atoms with Crippen LogP contribution in [0.2, 0.25) is 0 Å². The monoisotopic (exact) mass is 397 g/mol. The van der Waals surface area contributed by atoms with E-state index >= 15 is 0 Å². The van der Waals surface area contributed by atoms with Gasteiger partial charge in [0.1, 0.15) is 11.8 Å². The van der Waals surface area contributed by atoms with Crippen LogP contribution < -0.4 is 24.0 Å². The van der Waals surface area contributed by atoms with E-state index in [0.717, 1.165) is 6.54 Å². The van der Waals surface area contributed by atoms with Gasteiger partial charge in [-0.15, -0.1) is 0 Å². The fraction of sp³-hybridized carbons (Fsp3) is 0.235. The third-order valence-electron chi connectivity index (χ3n) is 3.62. The SMILES string of the molecule is CC[N+]1=CSC(c2ccccc2)C1c1ccccc1.[IH2+]. The molecule has 2 atom stereocenters. The van der Waals surface area contributed by atoms with Crippen molar-refractivity contribution < 1.29 is 28.6 Å². The maximum absolute atomic E-state index is 2.44. The minimum absolute atomic E-state index is 0. The second kappa shape index (κ2) is 7.27. The fourth-order valence-electron chi connectivity index (χ4n) is 2.65. The van der Waals surface area contributed by atoms with E-state index in [9.17, 15) is 0 Å². The lowest BCUT2D eigenvalue weighted by Gasteiger charge is -2.17. The van der Waals surface area contributed by atoms with Crippen molar-refractivity contribution in [1.82, 2.24) is 0 Å². The van der Waals surface area contributed by atoms with Gasteiger partial charge in [0.2, 0.25) is 24.0 Å². The number of likely N-dealkylation sites (N-methyl/N-ethyl adjacent to an activating group) is 1. The van der Waals surface area contributed by atoms with Crippen molar-refractivity contribution in [2.24, 2.45) is 0 Å². The predicted molar refractivity (Wildman–Crippen MR) is 85.6 cm³/mol. The Balaban J connectivity index is 0.00000147. The predicted octanol–water partition coefficient (Wildman–Crippen LogP) is 0.745. The molecule has 2 aromatic rings. The summed E-state index contributed by atoms with van der Waals surface area (Å²) in [6, 6.07) is 22.1. The first kappa shape index (κ1) is 15.6. The van der Waals surface area contributed by atoms with Gasteiger partial charge in [-0.05, 0) is 12.5 Å². The van der Waals surface area contributed by atoms with E-state index in [1.165, 1.54) is 11.1 Å². The molecule has 0 N–H and O–H groups in total. The van der Waals surface area contributed by atoms with E-state index in [4.69, 9.17) is 0 Å². The zero-order chi connectivity index (χ0) is 13.1. The zero-order valence-electron chi connectivity index (χ0n) is 11.5. The quantitative estimate of drug-likeness (QED) is 0.546. The van der Waals surface area contributed by atoms with E-state index in [1.807, 2.05) is 11.8 Å². The van der Waals surface area contributed by atoms with Gasteiger partial charge in [-0.3, -0.25) is 0 Å². The lowest BCUT2D eigenvalue weighted by atomic mass is 9.98. The molecule has 0 fully saturated rings. The van der Waals surface area contributed by atoms with Crippen LogP contribution in [0.15, 0.2) is 60.7 Å². The highest BCUT2D eigenvalue weighted by Gasteiger charge is 2.38. The lowest BCUT2D eigenvalue weighted by Crippen LogP contribution is -3.00. The summed E-state index contributed by atoms with van der Waals surface area (Å²) in [6.45, 7) is 3.27. The number of nitrogens with zero attached hydrogens (tertiary/aromatic N) is 1. The van der Waals surface area contributed by atoms with Crippen molar-refractivity contribution in [3.05, 3.63) is 71.8 Å². The van der Waals surface area contributed by atoms with Gasteiger partial charge in [0, 0.05) is 5.56 Å². The van der Waals surface area contributed by atoms with E-state index in [2.05, 4.69) is 77.7 Å². The Morgan fingerprint density at radius 3 is 2.00 bits per heavy atom. The van der Waals surface area contributed by atoms with E-state index in [-0.39, 0.29) is 24.0 Å². The summed E-state index contributed by atoms with van der Waals surface area (Å²) < 4.78 is 2.44. The van der Waals surface area contributed by atoms with Crippen LogP contribution in [-0.2, 0) is 0 Å². The molecule has 1 heterocycles. The molecule has 0 saturated heterocycles. The maximum atomic E-state index is 2.44. The van der Waals surface area contributed by atoms with Gasteiger partial charge in [0.15, 0.2) is 11.6 Å². The number of hydrogen-bond donors (Lipinski definition) is 0. The van der Waals surface area contributed by atoms with Crippen LogP contribution in [0, 0.1) is 0 Å². The van der Waals surface area contributed by atoms with Crippen molar-refractivity contribution in [1.29, 1.82) is 0 Å². The highest BCUT2D eigenvalue weighted by Crippen LogP contribution is 2.45. The average molecular weight is 397 g/mol. The molecule has 1 aliphatic heterocycles. The summed E-state index contributed by atoms with van der Waals surface area (Å²) in [5.41, 5.74) is 5.10. The van der Waals surface area contributed by atoms with Gasteiger partial charge >= 0.3 is 0 Å². The van der Waals surface area contributed by atoms with Gasteiger partial charge in [-0.2, -0.15) is 0 Å². The molecule has 0 aromatic heterocycles. The first-order valence-electron chi connectivity index (χ1n) is 6.74. The molecule has 0 aliphatic carbocycles. The highest BCUT2D eigenvalue weighted by atomic mass is 127. The van der Waals surface area contributed by atoms with Crippen LogP contribution in [0.5, 0.6) is 0 Å². The molecule has 0 bridgehead atoms. The zero-order valence-corrected chi connectivity index (χ0v) is 14.9. The number of rotatable bonds is 3. The third-order valence-corrected chi connectivity index (χ3v) is 4.84. The van der Waals surface area contributed by atoms with Crippen LogP contribution >= 0.6 is 11.8 Å². The standard InChI is InChI=1S/C17H18NS.H2I/c1-2-18-13-19-17(15-11-7-4-8-12-15)16(18)14-9-5-3-6-10-14;/h3-13,16-17H,2H2,1H3;1H2/q2*+1. The Labute approximate surface area is 142 Å². The molecule has 2 unspecified atom stereocenters. The molecule has 0 radical (unpaired) electrons. The van der Waals surface area contributed by atoms with Crippen LogP contribution in [0.4, 0.5) is 0 Å². The Morgan fingerprint density at radius 1 is 0.900 bits per heavy atom. The summed E-state index contributed by atoms with van der Waals surface area (Å²) in [4.78, 5) is 0. The molecular formula is C17H20INS+2. The second-order valence-electron chi connectivity index (χ2n) is 4.76. The van der Waals surface area contributed by atoms with Crippen molar-refractivity contribution >= 4 is 17.3 Å². The fourth-order valence-corrected chi connectivity index (χ4v) is 3.99. The first-order chi connectivity index (χ1) is 9.40. The number of benzene rings is 2. The Bertz CT molecular complexity index is 568. The van der Waals surface area contributed by atoms with Crippen LogP contribution in [0.1, 0.15) is 29.3 Å². The smallest absolute Gasteiger partial charge is 0.222 e. The summed E-state index contributed by atoms with van der Waals surface area (Å²) in [5.74, 6) is 0. The van der Waals surface area contributed by atoms with Gasteiger partial charge in [0.25, 0.3) is 0 Å². The summed E-state index contributed by atoms with van der Waals surface area (Å²) in [5, 5.41) is 0.489. The molecule has 104 valence electrons. The normalized spacial score (nSPS) is 21.1. The van der Waals surface area contributed by atoms with Crippen LogP contribution in [-0.4, -0.2) is 16.7 Å². The van der Waals surface area contributed by atoms with Gasteiger partial charge < -0.3 is 0 Å². The lowest BCUT2D eigenvalue weighted by molar-refractivity contribution is -0.560. The Hall–Kier alpha value is -0.810. The maximum Gasteiger partial charge on any atom is 0.235 e. The van der Waals surface area contributed by atoms with Gasteiger partial charge in [-0.1, -0.05) is 72.4 Å². The molecule has 2 aromatic carbocycles. The van der Waals surface area contributed by atoms with Crippen LogP contribution in [0.3, 0.4) is 0 Å².